The predicted molar refractivity (Wildman–Crippen MR) is 78.3 cm³/mol. The van der Waals surface area contributed by atoms with Crippen molar-refractivity contribution < 1.29 is 14.4 Å². The molecule has 0 bridgehead atoms. The van der Waals surface area contributed by atoms with E-state index in [4.69, 9.17) is 0 Å². The van der Waals surface area contributed by atoms with Crippen LogP contribution < -0.4 is 5.32 Å². The number of thiophene rings is 1. The first-order valence-electron chi connectivity index (χ1n) is 6.33. The number of nitrogens with one attached hydrogen (secondary N) is 1. The summed E-state index contributed by atoms with van der Waals surface area (Å²) in [7, 11) is 0. The molecule has 0 unspecified atom stereocenters. The second-order valence-electron chi connectivity index (χ2n) is 5.04. The van der Waals surface area contributed by atoms with Crippen LogP contribution in [0.25, 0.3) is 0 Å². The highest BCUT2D eigenvalue weighted by molar-refractivity contribution is 7.99. The minimum Gasteiger partial charge on any atom is -0.322 e. The number of hydrogen-bond donors (Lipinski definition) is 1. The smallest absolute Gasteiger partial charge is 0.322 e. The van der Waals surface area contributed by atoms with Gasteiger partial charge < -0.3 is 5.32 Å². The number of nitrogens with zero attached hydrogens (tertiary/aromatic N) is 1. The molecular weight excluding hydrogens is 296 g/mol. The highest BCUT2D eigenvalue weighted by atomic mass is 32.2. The van der Waals surface area contributed by atoms with E-state index in [1.54, 1.807) is 17.8 Å². The van der Waals surface area contributed by atoms with Gasteiger partial charge in [-0.3, -0.25) is 14.5 Å². The Morgan fingerprint density at radius 3 is 2.85 bits per heavy atom. The van der Waals surface area contributed by atoms with E-state index in [1.165, 1.54) is 11.3 Å². The van der Waals surface area contributed by atoms with Gasteiger partial charge in [-0.25, -0.2) is 4.79 Å². The average Bonchev–Trinajstić information content (AvgIpc) is 3.08. The molecule has 106 valence electrons. The molecule has 0 radical (unpaired) electrons. The molecule has 0 saturated carbocycles. The number of aryl methyl sites for hydroxylation is 1. The van der Waals surface area contributed by atoms with E-state index >= 15 is 0 Å². The lowest BCUT2D eigenvalue weighted by Gasteiger charge is -2.18. The summed E-state index contributed by atoms with van der Waals surface area (Å²) in [4.78, 5) is 39.2. The van der Waals surface area contributed by atoms with Gasteiger partial charge in [-0.1, -0.05) is 0 Å². The molecule has 2 aliphatic rings. The van der Waals surface area contributed by atoms with Crippen LogP contribution in [0.4, 0.5) is 4.79 Å². The van der Waals surface area contributed by atoms with Crippen molar-refractivity contribution in [2.24, 2.45) is 0 Å². The monoisotopic (exact) mass is 310 g/mol. The first-order chi connectivity index (χ1) is 9.52. The Kier molecular flexibility index (Phi) is 3.33. The maximum Gasteiger partial charge on any atom is 0.325 e. The number of imide groups is 1. The van der Waals surface area contributed by atoms with Crippen molar-refractivity contribution in [2.45, 2.75) is 18.9 Å². The van der Waals surface area contributed by atoms with E-state index in [1.807, 2.05) is 13.0 Å². The Labute approximate surface area is 124 Å². The Hall–Kier alpha value is -1.34. The number of hydrogen-bond acceptors (Lipinski definition) is 5. The van der Waals surface area contributed by atoms with Crippen molar-refractivity contribution in [3.05, 3.63) is 21.9 Å². The molecular formula is C13H14N2O3S2. The van der Waals surface area contributed by atoms with Crippen LogP contribution in [0.2, 0.25) is 0 Å². The fraction of sp³-hybridized carbons (Fsp3) is 0.462. The molecule has 2 saturated heterocycles. The Balaban J connectivity index is 1.76. The van der Waals surface area contributed by atoms with Crippen LogP contribution in [0, 0.1) is 6.92 Å². The SMILES string of the molecule is Cc1ccc(C(=O)CN2C(=O)N[C@@]3(CCSC3)C2=O)s1. The maximum atomic E-state index is 12.4. The molecule has 5 nitrogen and oxygen atoms in total. The number of ketones is 1. The summed E-state index contributed by atoms with van der Waals surface area (Å²) in [5, 5.41) is 2.76. The van der Waals surface area contributed by atoms with Gasteiger partial charge in [-0.15, -0.1) is 11.3 Å². The van der Waals surface area contributed by atoms with Crippen LogP contribution in [-0.4, -0.2) is 46.2 Å². The Morgan fingerprint density at radius 2 is 2.25 bits per heavy atom. The third-order valence-corrected chi connectivity index (χ3v) is 5.82. The molecule has 1 aromatic heterocycles. The van der Waals surface area contributed by atoms with Crippen LogP contribution in [0.5, 0.6) is 0 Å². The third-order valence-electron chi connectivity index (χ3n) is 3.58. The van der Waals surface area contributed by atoms with Gasteiger partial charge >= 0.3 is 6.03 Å². The first-order valence-corrected chi connectivity index (χ1v) is 8.30. The fourth-order valence-corrected chi connectivity index (χ4v) is 4.58. The zero-order chi connectivity index (χ0) is 14.3. The lowest BCUT2D eigenvalue weighted by Crippen LogP contribution is -2.47. The lowest BCUT2D eigenvalue weighted by molar-refractivity contribution is -0.130. The molecule has 0 aliphatic carbocycles. The molecule has 1 spiro atoms. The molecule has 1 atom stereocenters. The quantitative estimate of drug-likeness (QED) is 0.681. The van der Waals surface area contributed by atoms with Crippen molar-refractivity contribution in [1.82, 2.24) is 10.2 Å². The third kappa shape index (κ3) is 2.14. The molecule has 3 heterocycles. The van der Waals surface area contributed by atoms with Gasteiger partial charge in [-0.2, -0.15) is 11.8 Å². The molecule has 1 N–H and O–H groups in total. The van der Waals surface area contributed by atoms with E-state index in [9.17, 15) is 14.4 Å². The number of thioether (sulfide) groups is 1. The molecule has 0 aromatic carbocycles. The average molecular weight is 310 g/mol. The van der Waals surface area contributed by atoms with Crippen LogP contribution in [-0.2, 0) is 4.79 Å². The van der Waals surface area contributed by atoms with Crippen LogP contribution in [0.3, 0.4) is 0 Å². The predicted octanol–water partition coefficient (Wildman–Crippen LogP) is 1.67. The highest BCUT2D eigenvalue weighted by Crippen LogP contribution is 2.33. The molecule has 2 fully saturated rings. The maximum absolute atomic E-state index is 12.4. The zero-order valence-electron chi connectivity index (χ0n) is 11.0. The number of carbonyl (C=O) groups is 3. The second kappa shape index (κ2) is 4.89. The van der Waals surface area contributed by atoms with E-state index in [2.05, 4.69) is 5.32 Å². The van der Waals surface area contributed by atoms with E-state index < -0.39 is 11.6 Å². The summed E-state index contributed by atoms with van der Waals surface area (Å²) >= 11 is 3.03. The van der Waals surface area contributed by atoms with Crippen LogP contribution >= 0.6 is 23.1 Å². The van der Waals surface area contributed by atoms with Crippen molar-refractivity contribution >= 4 is 40.8 Å². The van der Waals surface area contributed by atoms with Crippen molar-refractivity contribution in [1.29, 1.82) is 0 Å². The lowest BCUT2D eigenvalue weighted by atomic mass is 9.99. The second-order valence-corrected chi connectivity index (χ2v) is 7.43. The van der Waals surface area contributed by atoms with Crippen molar-refractivity contribution in [2.75, 3.05) is 18.1 Å². The molecule has 3 amide bonds. The largest absolute Gasteiger partial charge is 0.325 e. The van der Waals surface area contributed by atoms with Crippen molar-refractivity contribution in [3.63, 3.8) is 0 Å². The minimum atomic E-state index is -0.770. The number of carbonyl (C=O) groups excluding carboxylic acids is 3. The minimum absolute atomic E-state index is 0.170. The van der Waals surface area contributed by atoms with Gasteiger partial charge in [-0.05, 0) is 31.2 Å². The zero-order valence-corrected chi connectivity index (χ0v) is 12.6. The first kappa shape index (κ1) is 13.6. The summed E-state index contributed by atoms with van der Waals surface area (Å²) in [6.07, 6.45) is 0.644. The van der Waals surface area contributed by atoms with Gasteiger partial charge in [0.25, 0.3) is 5.91 Å². The van der Waals surface area contributed by atoms with Gasteiger partial charge in [0.05, 0.1) is 11.4 Å². The van der Waals surface area contributed by atoms with E-state index in [0.29, 0.717) is 17.1 Å². The topological polar surface area (TPSA) is 66.5 Å². The fourth-order valence-electron chi connectivity index (χ4n) is 2.46. The van der Waals surface area contributed by atoms with E-state index in [0.717, 1.165) is 15.5 Å². The Morgan fingerprint density at radius 1 is 1.45 bits per heavy atom. The van der Waals surface area contributed by atoms with Gasteiger partial charge in [0.1, 0.15) is 5.54 Å². The molecule has 20 heavy (non-hydrogen) atoms. The number of rotatable bonds is 3. The molecule has 1 aromatic rings. The summed E-state index contributed by atoms with van der Waals surface area (Å²) in [5.74, 6) is 1.02. The molecule has 7 heteroatoms. The summed E-state index contributed by atoms with van der Waals surface area (Å²) in [5.41, 5.74) is -0.770. The molecule has 2 aliphatic heterocycles. The van der Waals surface area contributed by atoms with E-state index in [-0.39, 0.29) is 18.2 Å². The Bertz CT molecular complexity index is 590. The standard InChI is InChI=1S/C13H14N2O3S2/c1-8-2-3-10(20-8)9(16)6-15-11(17)13(14-12(15)18)4-5-19-7-13/h2-3H,4-7H2,1H3,(H,14,18)/t13-/m1/s1. The summed E-state index contributed by atoms with van der Waals surface area (Å²) in [6.45, 7) is 1.75. The number of amides is 3. The van der Waals surface area contributed by atoms with Gasteiger partial charge in [0.2, 0.25) is 0 Å². The van der Waals surface area contributed by atoms with Crippen LogP contribution in [0.1, 0.15) is 21.0 Å². The van der Waals surface area contributed by atoms with Gasteiger partial charge in [0, 0.05) is 10.6 Å². The summed E-state index contributed by atoms with van der Waals surface area (Å²) < 4.78 is 0. The normalized spacial score (nSPS) is 25.6. The number of urea groups is 1. The molecule has 3 rings (SSSR count). The summed E-state index contributed by atoms with van der Waals surface area (Å²) in [6, 6.07) is 3.15. The number of Topliss-reactive ketones (excluding diaryl/α,β-unsaturated/α-hetero) is 1. The highest BCUT2D eigenvalue weighted by Gasteiger charge is 2.53. The van der Waals surface area contributed by atoms with Crippen molar-refractivity contribution in [3.8, 4) is 0 Å². The van der Waals surface area contributed by atoms with Crippen LogP contribution in [0.15, 0.2) is 12.1 Å². The van der Waals surface area contributed by atoms with Gasteiger partial charge in [0.15, 0.2) is 5.78 Å².